The van der Waals surface area contributed by atoms with Gasteiger partial charge in [0, 0.05) is 12.6 Å². The molecule has 98 valence electrons. The van der Waals surface area contributed by atoms with Crippen LogP contribution in [0.5, 0.6) is 0 Å². The molecule has 0 aromatic carbocycles. The molecule has 5 heteroatoms. The molecule has 1 unspecified atom stereocenters. The highest BCUT2D eigenvalue weighted by Crippen LogP contribution is 2.16. The molecule has 0 spiro atoms. The van der Waals surface area contributed by atoms with Crippen molar-refractivity contribution in [3.05, 3.63) is 0 Å². The van der Waals surface area contributed by atoms with E-state index in [9.17, 15) is 9.59 Å². The lowest BCUT2D eigenvalue weighted by atomic mass is 10.1. The van der Waals surface area contributed by atoms with E-state index < -0.39 is 12.0 Å². The highest BCUT2D eigenvalue weighted by atomic mass is 16.4. The van der Waals surface area contributed by atoms with Gasteiger partial charge < -0.3 is 15.3 Å². The van der Waals surface area contributed by atoms with E-state index in [-0.39, 0.29) is 12.1 Å². The highest BCUT2D eigenvalue weighted by Gasteiger charge is 2.28. The summed E-state index contributed by atoms with van der Waals surface area (Å²) in [5.74, 6) is -0.946. The van der Waals surface area contributed by atoms with Crippen LogP contribution in [0, 0.1) is 0 Å². The minimum atomic E-state index is -0.946. The Morgan fingerprint density at radius 2 is 2.24 bits per heavy atom. The van der Waals surface area contributed by atoms with Gasteiger partial charge in [-0.3, -0.25) is 0 Å². The molecule has 2 amide bonds. The number of rotatable bonds is 5. The number of likely N-dealkylation sites (tertiary alicyclic amines) is 1. The van der Waals surface area contributed by atoms with Crippen LogP contribution in [0.25, 0.3) is 0 Å². The van der Waals surface area contributed by atoms with Gasteiger partial charge in [0.1, 0.15) is 6.04 Å². The first-order valence-electron chi connectivity index (χ1n) is 6.36. The Bertz CT molecular complexity index is 281. The Kier molecular flexibility index (Phi) is 5.25. The second-order valence-electron chi connectivity index (χ2n) is 4.67. The largest absolute Gasteiger partial charge is 0.480 e. The van der Waals surface area contributed by atoms with E-state index in [1.54, 1.807) is 4.90 Å². The first-order valence-corrected chi connectivity index (χ1v) is 6.36. The quantitative estimate of drug-likeness (QED) is 0.772. The summed E-state index contributed by atoms with van der Waals surface area (Å²) in [4.78, 5) is 24.6. The third-order valence-corrected chi connectivity index (χ3v) is 3.26. The van der Waals surface area contributed by atoms with Crippen molar-refractivity contribution in [2.24, 2.45) is 0 Å². The second-order valence-corrected chi connectivity index (χ2v) is 4.67. The minimum Gasteiger partial charge on any atom is -0.480 e. The lowest BCUT2D eigenvalue weighted by Gasteiger charge is -2.24. The van der Waals surface area contributed by atoms with Crippen LogP contribution < -0.4 is 5.32 Å². The average molecular weight is 242 g/mol. The molecule has 1 fully saturated rings. The number of nitrogens with one attached hydrogen (secondary N) is 1. The van der Waals surface area contributed by atoms with Gasteiger partial charge in [0.2, 0.25) is 0 Å². The number of nitrogens with zero attached hydrogens (tertiary/aromatic N) is 1. The lowest BCUT2D eigenvalue weighted by Crippen LogP contribution is -2.48. The standard InChI is InChI=1S/C12H22N2O3/c1-3-4-7-10(11(15)16)13-12(17)14-8-5-6-9(14)2/h9-10H,3-8H2,1-2H3,(H,13,17)(H,15,16)/t9?,10-/m0/s1. The molecule has 0 aromatic heterocycles. The Morgan fingerprint density at radius 1 is 1.53 bits per heavy atom. The fourth-order valence-electron chi connectivity index (χ4n) is 2.13. The van der Waals surface area contributed by atoms with Gasteiger partial charge in [-0.05, 0) is 26.2 Å². The smallest absolute Gasteiger partial charge is 0.326 e. The normalized spacial score (nSPS) is 21.3. The molecule has 0 aromatic rings. The van der Waals surface area contributed by atoms with Crippen molar-refractivity contribution in [2.75, 3.05) is 6.54 Å². The van der Waals surface area contributed by atoms with Gasteiger partial charge >= 0.3 is 12.0 Å². The van der Waals surface area contributed by atoms with E-state index >= 15 is 0 Å². The third-order valence-electron chi connectivity index (χ3n) is 3.26. The molecule has 1 aliphatic rings. The molecule has 2 atom stereocenters. The summed E-state index contributed by atoms with van der Waals surface area (Å²) in [6.45, 7) is 4.73. The molecule has 0 bridgehead atoms. The molecule has 17 heavy (non-hydrogen) atoms. The second kappa shape index (κ2) is 6.47. The number of hydrogen-bond acceptors (Lipinski definition) is 2. The van der Waals surface area contributed by atoms with Crippen LogP contribution in [0.3, 0.4) is 0 Å². The zero-order chi connectivity index (χ0) is 12.8. The number of carboxylic acids is 1. The molecular weight excluding hydrogens is 220 g/mol. The zero-order valence-electron chi connectivity index (χ0n) is 10.6. The van der Waals surface area contributed by atoms with E-state index in [1.807, 2.05) is 13.8 Å². The fourth-order valence-corrected chi connectivity index (χ4v) is 2.13. The van der Waals surface area contributed by atoms with Crippen LogP contribution in [0.2, 0.25) is 0 Å². The molecular formula is C12H22N2O3. The predicted molar refractivity (Wildman–Crippen MR) is 64.9 cm³/mol. The van der Waals surface area contributed by atoms with Gasteiger partial charge in [0.25, 0.3) is 0 Å². The van der Waals surface area contributed by atoms with Crippen LogP contribution in [-0.2, 0) is 4.79 Å². The van der Waals surface area contributed by atoms with Gasteiger partial charge in [0.15, 0.2) is 0 Å². The molecule has 2 N–H and O–H groups in total. The maximum absolute atomic E-state index is 11.9. The Labute approximate surface area is 102 Å². The number of aliphatic carboxylic acids is 1. The van der Waals surface area contributed by atoms with Crippen molar-refractivity contribution in [1.29, 1.82) is 0 Å². The zero-order valence-corrected chi connectivity index (χ0v) is 10.6. The molecule has 1 aliphatic heterocycles. The van der Waals surface area contributed by atoms with Crippen LogP contribution in [0.15, 0.2) is 0 Å². The topological polar surface area (TPSA) is 69.6 Å². The van der Waals surface area contributed by atoms with E-state index in [0.717, 1.165) is 32.2 Å². The lowest BCUT2D eigenvalue weighted by molar-refractivity contribution is -0.139. The van der Waals surface area contributed by atoms with Crippen molar-refractivity contribution in [3.63, 3.8) is 0 Å². The van der Waals surface area contributed by atoms with E-state index in [0.29, 0.717) is 6.42 Å². The summed E-state index contributed by atoms with van der Waals surface area (Å²) >= 11 is 0. The average Bonchev–Trinajstić information content (AvgIpc) is 2.70. The Morgan fingerprint density at radius 3 is 2.71 bits per heavy atom. The minimum absolute atomic E-state index is 0.218. The van der Waals surface area contributed by atoms with Crippen molar-refractivity contribution in [2.45, 2.75) is 58.0 Å². The summed E-state index contributed by atoms with van der Waals surface area (Å²) in [6.07, 6.45) is 4.24. The maximum atomic E-state index is 11.9. The van der Waals surface area contributed by atoms with Crippen molar-refractivity contribution < 1.29 is 14.7 Å². The monoisotopic (exact) mass is 242 g/mol. The first kappa shape index (κ1) is 13.8. The van der Waals surface area contributed by atoms with Crippen LogP contribution in [0.1, 0.15) is 46.0 Å². The molecule has 0 aliphatic carbocycles. The third kappa shape index (κ3) is 3.91. The summed E-state index contributed by atoms with van der Waals surface area (Å²) in [6, 6.07) is -0.774. The van der Waals surface area contributed by atoms with E-state index in [1.165, 1.54) is 0 Å². The molecule has 5 nitrogen and oxygen atoms in total. The number of carbonyl (C=O) groups is 2. The summed E-state index contributed by atoms with van der Waals surface area (Å²) in [5.41, 5.74) is 0. The number of carbonyl (C=O) groups excluding carboxylic acids is 1. The Balaban J connectivity index is 2.48. The van der Waals surface area contributed by atoms with Gasteiger partial charge in [-0.1, -0.05) is 19.8 Å². The molecule has 0 radical (unpaired) electrons. The SMILES string of the molecule is CCCC[C@H](NC(=O)N1CCCC1C)C(=O)O. The summed E-state index contributed by atoms with van der Waals surface area (Å²) in [7, 11) is 0. The van der Waals surface area contributed by atoms with Crippen molar-refractivity contribution in [3.8, 4) is 0 Å². The Hall–Kier alpha value is -1.26. The van der Waals surface area contributed by atoms with Crippen LogP contribution >= 0.6 is 0 Å². The highest BCUT2D eigenvalue weighted by molar-refractivity contribution is 5.82. The van der Waals surface area contributed by atoms with Gasteiger partial charge in [-0.15, -0.1) is 0 Å². The molecule has 1 saturated heterocycles. The fraction of sp³-hybridized carbons (Fsp3) is 0.833. The number of carboxylic acid groups (broad SMARTS) is 1. The van der Waals surface area contributed by atoms with Gasteiger partial charge in [-0.2, -0.15) is 0 Å². The molecule has 1 heterocycles. The number of hydrogen-bond donors (Lipinski definition) is 2. The summed E-state index contributed by atoms with van der Waals surface area (Å²) < 4.78 is 0. The number of amides is 2. The maximum Gasteiger partial charge on any atom is 0.326 e. The number of urea groups is 1. The number of unbranched alkanes of at least 4 members (excludes halogenated alkanes) is 1. The molecule has 0 saturated carbocycles. The van der Waals surface area contributed by atoms with Gasteiger partial charge in [-0.25, -0.2) is 9.59 Å². The summed E-state index contributed by atoms with van der Waals surface area (Å²) in [5, 5.41) is 11.6. The van der Waals surface area contributed by atoms with Crippen LogP contribution in [-0.4, -0.2) is 40.6 Å². The molecule has 1 rings (SSSR count). The first-order chi connectivity index (χ1) is 8.06. The predicted octanol–water partition coefficient (Wildman–Crippen LogP) is 1.82. The van der Waals surface area contributed by atoms with Gasteiger partial charge in [0.05, 0.1) is 0 Å². The van der Waals surface area contributed by atoms with Crippen LogP contribution in [0.4, 0.5) is 4.79 Å². The van der Waals surface area contributed by atoms with Crippen molar-refractivity contribution in [1.82, 2.24) is 10.2 Å². The van der Waals surface area contributed by atoms with E-state index in [4.69, 9.17) is 5.11 Å². The van der Waals surface area contributed by atoms with Crippen molar-refractivity contribution >= 4 is 12.0 Å². The van der Waals surface area contributed by atoms with E-state index in [2.05, 4.69) is 5.32 Å².